The average Bonchev–Trinajstić information content (AvgIpc) is 2.53. The van der Waals surface area contributed by atoms with E-state index in [2.05, 4.69) is 15.6 Å². The molecule has 1 aromatic heterocycles. The van der Waals surface area contributed by atoms with Crippen LogP contribution in [0.3, 0.4) is 0 Å². The van der Waals surface area contributed by atoms with E-state index in [0.29, 0.717) is 17.7 Å². The first-order chi connectivity index (χ1) is 11.0. The average molecular weight is 317 g/mol. The number of nitrogens with one attached hydrogen (secondary N) is 2. The molecule has 0 unspecified atom stereocenters. The van der Waals surface area contributed by atoms with Gasteiger partial charge in [0, 0.05) is 18.3 Å². The molecule has 0 radical (unpaired) electrons. The smallest absolute Gasteiger partial charge is 0.274 e. The van der Waals surface area contributed by atoms with Crippen molar-refractivity contribution >= 4 is 11.8 Å². The van der Waals surface area contributed by atoms with Gasteiger partial charge in [0.2, 0.25) is 5.91 Å². The number of aromatic nitrogens is 1. The summed E-state index contributed by atoms with van der Waals surface area (Å²) >= 11 is 0. The number of pyridine rings is 1. The molecule has 0 aliphatic heterocycles. The normalized spacial score (nSPS) is 10.2. The molecular formula is C16H16FN3O3. The predicted molar refractivity (Wildman–Crippen MR) is 82.3 cm³/mol. The number of nitrogens with zero attached hydrogens (tertiary/aromatic N) is 1. The van der Waals surface area contributed by atoms with E-state index in [1.54, 1.807) is 13.0 Å². The molecule has 23 heavy (non-hydrogen) atoms. The van der Waals surface area contributed by atoms with Gasteiger partial charge in [0.05, 0.1) is 6.54 Å². The zero-order valence-corrected chi connectivity index (χ0v) is 12.5. The van der Waals surface area contributed by atoms with Crippen LogP contribution in [-0.2, 0) is 4.79 Å². The zero-order valence-electron chi connectivity index (χ0n) is 12.5. The van der Waals surface area contributed by atoms with Crippen LogP contribution < -0.4 is 10.6 Å². The van der Waals surface area contributed by atoms with Gasteiger partial charge in [-0.2, -0.15) is 0 Å². The Morgan fingerprint density at radius 3 is 2.65 bits per heavy atom. The molecule has 0 bridgehead atoms. The highest BCUT2D eigenvalue weighted by molar-refractivity contribution is 5.97. The van der Waals surface area contributed by atoms with Crippen LogP contribution in [0.2, 0.25) is 0 Å². The Labute approximate surface area is 132 Å². The van der Waals surface area contributed by atoms with Crippen molar-refractivity contribution in [2.45, 2.75) is 6.92 Å². The van der Waals surface area contributed by atoms with Crippen LogP contribution in [0.4, 0.5) is 4.39 Å². The van der Waals surface area contributed by atoms with Crippen molar-refractivity contribution in [3.63, 3.8) is 0 Å². The van der Waals surface area contributed by atoms with Crippen LogP contribution in [0, 0.1) is 5.82 Å². The first-order valence-corrected chi connectivity index (χ1v) is 7.01. The standard InChI is InChI=1S/C16H16FN3O3/c1-2-18-14(22)9-20-16(23)15-13(21)7-11(8-19-15)10-4-3-5-12(17)6-10/h3-8,21H,2,9H2,1H3,(H,18,22)(H,20,23). The number of carbonyl (C=O) groups excluding carboxylic acids is 2. The van der Waals surface area contributed by atoms with Gasteiger partial charge in [-0.25, -0.2) is 9.37 Å². The topological polar surface area (TPSA) is 91.3 Å². The van der Waals surface area contributed by atoms with Crippen molar-refractivity contribution in [1.29, 1.82) is 0 Å². The summed E-state index contributed by atoms with van der Waals surface area (Å²) in [4.78, 5) is 27.1. The maximum Gasteiger partial charge on any atom is 0.274 e. The van der Waals surface area contributed by atoms with E-state index in [4.69, 9.17) is 0 Å². The van der Waals surface area contributed by atoms with Gasteiger partial charge in [-0.05, 0) is 30.7 Å². The van der Waals surface area contributed by atoms with Crippen LogP contribution in [0.1, 0.15) is 17.4 Å². The van der Waals surface area contributed by atoms with Crippen molar-refractivity contribution in [2.24, 2.45) is 0 Å². The number of halogens is 1. The van der Waals surface area contributed by atoms with Gasteiger partial charge in [0.25, 0.3) is 5.91 Å². The van der Waals surface area contributed by atoms with Crippen molar-refractivity contribution in [3.05, 3.63) is 48.0 Å². The zero-order chi connectivity index (χ0) is 16.8. The molecule has 1 heterocycles. The summed E-state index contributed by atoms with van der Waals surface area (Å²) in [6, 6.07) is 7.12. The number of amides is 2. The van der Waals surface area contributed by atoms with E-state index in [-0.39, 0.29) is 23.9 Å². The van der Waals surface area contributed by atoms with E-state index in [1.807, 2.05) is 0 Å². The number of benzene rings is 1. The van der Waals surface area contributed by atoms with Crippen LogP contribution in [0.25, 0.3) is 11.1 Å². The molecule has 0 saturated heterocycles. The molecule has 0 fully saturated rings. The van der Waals surface area contributed by atoms with E-state index >= 15 is 0 Å². The summed E-state index contributed by atoms with van der Waals surface area (Å²) in [5.41, 5.74) is 0.804. The summed E-state index contributed by atoms with van der Waals surface area (Å²) in [6.45, 7) is 2.01. The van der Waals surface area contributed by atoms with Gasteiger partial charge in [0.1, 0.15) is 11.6 Å². The van der Waals surface area contributed by atoms with E-state index < -0.39 is 11.7 Å². The lowest BCUT2D eigenvalue weighted by Gasteiger charge is -2.08. The minimum absolute atomic E-state index is 0.200. The molecule has 0 aliphatic carbocycles. The van der Waals surface area contributed by atoms with Gasteiger partial charge in [0.15, 0.2) is 5.69 Å². The van der Waals surface area contributed by atoms with E-state index in [9.17, 15) is 19.1 Å². The molecule has 2 amide bonds. The Bertz CT molecular complexity index is 734. The Morgan fingerprint density at radius 1 is 1.22 bits per heavy atom. The highest BCUT2D eigenvalue weighted by Gasteiger charge is 2.15. The van der Waals surface area contributed by atoms with Crippen molar-refractivity contribution < 1.29 is 19.1 Å². The highest BCUT2D eigenvalue weighted by Crippen LogP contribution is 2.25. The molecular weight excluding hydrogens is 301 g/mol. The number of rotatable bonds is 5. The highest BCUT2D eigenvalue weighted by atomic mass is 19.1. The summed E-state index contributed by atoms with van der Waals surface area (Å²) < 4.78 is 13.2. The van der Waals surface area contributed by atoms with Gasteiger partial charge in [-0.3, -0.25) is 9.59 Å². The maximum absolute atomic E-state index is 13.2. The Kier molecular flexibility index (Phi) is 5.24. The van der Waals surface area contributed by atoms with Crippen molar-refractivity contribution in [1.82, 2.24) is 15.6 Å². The van der Waals surface area contributed by atoms with Gasteiger partial charge >= 0.3 is 0 Å². The molecule has 2 rings (SSSR count). The van der Waals surface area contributed by atoms with Crippen LogP contribution >= 0.6 is 0 Å². The largest absolute Gasteiger partial charge is 0.505 e. The second-order valence-electron chi connectivity index (χ2n) is 4.74. The Morgan fingerprint density at radius 2 is 2.00 bits per heavy atom. The molecule has 0 atom stereocenters. The first kappa shape index (κ1) is 16.4. The second-order valence-corrected chi connectivity index (χ2v) is 4.74. The van der Waals surface area contributed by atoms with Crippen LogP contribution in [0.5, 0.6) is 5.75 Å². The number of carbonyl (C=O) groups is 2. The summed E-state index contributed by atoms with van der Waals surface area (Å²) in [6.07, 6.45) is 1.36. The molecule has 0 spiro atoms. The summed E-state index contributed by atoms with van der Waals surface area (Å²) in [5, 5.41) is 14.8. The quantitative estimate of drug-likeness (QED) is 0.778. The molecule has 0 aliphatic rings. The van der Waals surface area contributed by atoms with Crippen molar-refractivity contribution in [3.8, 4) is 16.9 Å². The molecule has 7 heteroatoms. The minimum atomic E-state index is -0.667. The van der Waals surface area contributed by atoms with Gasteiger partial charge in [-0.1, -0.05) is 12.1 Å². The monoisotopic (exact) mass is 317 g/mol. The van der Waals surface area contributed by atoms with Crippen LogP contribution in [0.15, 0.2) is 36.5 Å². The number of aromatic hydroxyl groups is 1. The second kappa shape index (κ2) is 7.35. The fourth-order valence-corrected chi connectivity index (χ4v) is 1.96. The maximum atomic E-state index is 13.2. The molecule has 120 valence electrons. The minimum Gasteiger partial charge on any atom is -0.505 e. The number of likely N-dealkylation sites (N-methyl/N-ethyl adjacent to an activating group) is 1. The SMILES string of the molecule is CCNC(=O)CNC(=O)c1ncc(-c2cccc(F)c2)cc1O. The lowest BCUT2D eigenvalue weighted by Crippen LogP contribution is -2.37. The third-order valence-corrected chi connectivity index (χ3v) is 3.02. The third kappa shape index (κ3) is 4.26. The predicted octanol–water partition coefficient (Wildman–Crippen LogP) is 1.46. The number of hydrogen-bond acceptors (Lipinski definition) is 4. The Balaban J connectivity index is 2.13. The molecule has 0 saturated carbocycles. The third-order valence-electron chi connectivity index (χ3n) is 3.02. The first-order valence-electron chi connectivity index (χ1n) is 7.01. The van der Waals surface area contributed by atoms with Crippen LogP contribution in [-0.4, -0.2) is 35.0 Å². The lowest BCUT2D eigenvalue weighted by molar-refractivity contribution is -0.120. The fraction of sp³-hybridized carbons (Fsp3) is 0.188. The summed E-state index contributed by atoms with van der Waals surface area (Å²) in [5.74, 6) is -1.76. The van der Waals surface area contributed by atoms with Gasteiger partial charge < -0.3 is 15.7 Å². The van der Waals surface area contributed by atoms with Crippen molar-refractivity contribution in [2.75, 3.05) is 13.1 Å². The summed E-state index contributed by atoms with van der Waals surface area (Å²) in [7, 11) is 0. The molecule has 1 aromatic carbocycles. The van der Waals surface area contributed by atoms with E-state index in [1.165, 1.54) is 30.5 Å². The molecule has 6 nitrogen and oxygen atoms in total. The Hall–Kier alpha value is -2.96. The molecule has 3 N–H and O–H groups in total. The molecule has 2 aromatic rings. The fourth-order valence-electron chi connectivity index (χ4n) is 1.96. The number of hydrogen-bond donors (Lipinski definition) is 3. The lowest BCUT2D eigenvalue weighted by atomic mass is 10.1. The van der Waals surface area contributed by atoms with E-state index in [0.717, 1.165) is 0 Å². The van der Waals surface area contributed by atoms with Gasteiger partial charge in [-0.15, -0.1) is 0 Å².